The summed E-state index contributed by atoms with van der Waals surface area (Å²) in [6, 6.07) is 7.90. The van der Waals surface area contributed by atoms with Crippen LogP contribution in [0.2, 0.25) is 0 Å². The van der Waals surface area contributed by atoms with Crippen LogP contribution in [-0.4, -0.2) is 87.3 Å². The Balaban J connectivity index is 1.23. The number of carbonyl (C=O) groups is 2. The van der Waals surface area contributed by atoms with E-state index in [1.165, 1.54) is 17.8 Å². The Morgan fingerprint density at radius 1 is 0.971 bits per heavy atom. The van der Waals surface area contributed by atoms with Gasteiger partial charge in [0.05, 0.1) is 16.8 Å². The molecule has 0 saturated carbocycles. The third-order valence-corrected chi connectivity index (χ3v) is 7.68. The fourth-order valence-electron chi connectivity index (χ4n) is 5.04. The maximum atomic E-state index is 13.4. The lowest BCUT2D eigenvalue weighted by molar-refractivity contribution is -0.135. The number of piperidine rings is 1. The summed E-state index contributed by atoms with van der Waals surface area (Å²) in [7, 11) is 0. The number of piperazine rings is 1. The van der Waals surface area contributed by atoms with E-state index in [1.54, 1.807) is 12.4 Å². The SMILES string of the molecule is CC1CC(C)CN(C(=O)CN2CCN(C(=O)c3nccnc3-c3nc4ccccc4s3)CC2)C1. The molecule has 2 aromatic heterocycles. The fourth-order valence-corrected chi connectivity index (χ4v) is 6.00. The van der Waals surface area contributed by atoms with Crippen molar-refractivity contribution in [1.29, 1.82) is 0 Å². The number of carbonyl (C=O) groups excluding carboxylic acids is 2. The van der Waals surface area contributed by atoms with Crippen molar-refractivity contribution in [3.63, 3.8) is 0 Å². The Kier molecular flexibility index (Phi) is 6.56. The molecular weight excluding hydrogens is 448 g/mol. The molecule has 2 saturated heterocycles. The maximum absolute atomic E-state index is 13.4. The Bertz CT molecular complexity index is 1150. The summed E-state index contributed by atoms with van der Waals surface area (Å²) in [6.45, 7) is 9.03. The van der Waals surface area contributed by atoms with Crippen LogP contribution in [0, 0.1) is 11.8 Å². The van der Waals surface area contributed by atoms with Gasteiger partial charge in [-0.1, -0.05) is 26.0 Å². The van der Waals surface area contributed by atoms with Gasteiger partial charge < -0.3 is 9.80 Å². The van der Waals surface area contributed by atoms with E-state index in [1.807, 2.05) is 34.1 Å². The Hall–Kier alpha value is -2.91. The lowest BCUT2D eigenvalue weighted by atomic mass is 9.92. The Morgan fingerprint density at radius 2 is 1.68 bits per heavy atom. The molecule has 2 atom stereocenters. The number of fused-ring (bicyclic) bond motifs is 1. The number of likely N-dealkylation sites (tertiary alicyclic amines) is 1. The lowest BCUT2D eigenvalue weighted by Gasteiger charge is -2.38. The minimum Gasteiger partial charge on any atom is -0.341 e. The van der Waals surface area contributed by atoms with Crippen molar-refractivity contribution in [1.82, 2.24) is 29.7 Å². The zero-order valence-corrected chi connectivity index (χ0v) is 20.5. The second kappa shape index (κ2) is 9.76. The number of hydrogen-bond donors (Lipinski definition) is 0. The normalized spacial score (nSPS) is 21.7. The van der Waals surface area contributed by atoms with Gasteiger partial charge in [-0.3, -0.25) is 14.5 Å². The highest BCUT2D eigenvalue weighted by molar-refractivity contribution is 7.21. The van der Waals surface area contributed by atoms with Crippen molar-refractivity contribution in [2.45, 2.75) is 20.3 Å². The molecular formula is C25H30N6O2S. The standard InChI is InChI=1S/C25H30N6O2S/c1-17-13-18(2)15-31(14-17)21(32)16-29-9-11-30(12-10-29)25(33)23-22(26-7-8-27-23)24-28-19-5-3-4-6-20(19)34-24/h3-8,17-18H,9-16H2,1-2H3. The highest BCUT2D eigenvalue weighted by atomic mass is 32.1. The van der Waals surface area contributed by atoms with Crippen LogP contribution in [0.5, 0.6) is 0 Å². The van der Waals surface area contributed by atoms with Gasteiger partial charge >= 0.3 is 0 Å². The van der Waals surface area contributed by atoms with Crippen LogP contribution < -0.4 is 0 Å². The van der Waals surface area contributed by atoms with E-state index < -0.39 is 0 Å². The van der Waals surface area contributed by atoms with E-state index in [4.69, 9.17) is 0 Å². The van der Waals surface area contributed by atoms with Gasteiger partial charge in [-0.05, 0) is 30.4 Å². The number of para-hydroxylation sites is 1. The van der Waals surface area contributed by atoms with Crippen molar-refractivity contribution in [3.8, 4) is 10.7 Å². The molecule has 2 fully saturated rings. The summed E-state index contributed by atoms with van der Waals surface area (Å²) in [6.07, 6.45) is 4.34. The van der Waals surface area contributed by atoms with E-state index in [-0.39, 0.29) is 11.8 Å². The molecule has 2 aliphatic rings. The van der Waals surface area contributed by atoms with E-state index in [0.29, 0.717) is 61.0 Å². The highest BCUT2D eigenvalue weighted by Crippen LogP contribution is 2.30. The van der Waals surface area contributed by atoms with Crippen molar-refractivity contribution in [2.75, 3.05) is 45.8 Å². The highest BCUT2D eigenvalue weighted by Gasteiger charge is 2.30. The zero-order chi connectivity index (χ0) is 23.7. The zero-order valence-electron chi connectivity index (χ0n) is 19.7. The predicted molar refractivity (Wildman–Crippen MR) is 133 cm³/mol. The van der Waals surface area contributed by atoms with Gasteiger partial charge in [0.25, 0.3) is 5.91 Å². The first kappa shape index (κ1) is 22.9. The summed E-state index contributed by atoms with van der Waals surface area (Å²) in [5.74, 6) is 1.18. The number of hydrogen-bond acceptors (Lipinski definition) is 7. The topological polar surface area (TPSA) is 82.5 Å². The van der Waals surface area contributed by atoms with Gasteiger partial charge in [0.2, 0.25) is 5.91 Å². The summed E-state index contributed by atoms with van der Waals surface area (Å²) in [5.41, 5.74) is 1.75. The van der Waals surface area contributed by atoms with Gasteiger partial charge in [0.1, 0.15) is 10.7 Å². The number of benzene rings is 1. The average Bonchev–Trinajstić information content (AvgIpc) is 3.28. The molecule has 3 aromatic rings. The largest absolute Gasteiger partial charge is 0.341 e. The number of amides is 2. The van der Waals surface area contributed by atoms with Crippen LogP contribution in [0.1, 0.15) is 30.8 Å². The second-order valence-corrected chi connectivity index (χ2v) is 10.6. The molecule has 0 aliphatic carbocycles. The molecule has 0 spiro atoms. The van der Waals surface area contributed by atoms with Crippen LogP contribution in [0.3, 0.4) is 0 Å². The minimum absolute atomic E-state index is 0.132. The third-order valence-electron chi connectivity index (χ3n) is 6.64. The molecule has 34 heavy (non-hydrogen) atoms. The first-order valence-electron chi connectivity index (χ1n) is 11.9. The Morgan fingerprint density at radius 3 is 2.41 bits per heavy atom. The molecule has 178 valence electrons. The van der Waals surface area contributed by atoms with Gasteiger partial charge in [0.15, 0.2) is 5.69 Å². The van der Waals surface area contributed by atoms with Crippen molar-refractivity contribution >= 4 is 33.4 Å². The second-order valence-electron chi connectivity index (χ2n) is 9.55. The summed E-state index contributed by atoms with van der Waals surface area (Å²) in [4.78, 5) is 45.7. The number of rotatable bonds is 4. The van der Waals surface area contributed by atoms with E-state index >= 15 is 0 Å². The molecule has 1 aromatic carbocycles. The maximum Gasteiger partial charge on any atom is 0.274 e. The van der Waals surface area contributed by atoms with Crippen molar-refractivity contribution in [2.24, 2.45) is 11.8 Å². The number of thiazole rings is 1. The summed E-state index contributed by atoms with van der Waals surface area (Å²) < 4.78 is 1.05. The van der Waals surface area contributed by atoms with Crippen LogP contribution in [0.4, 0.5) is 0 Å². The number of aromatic nitrogens is 3. The molecule has 8 nitrogen and oxygen atoms in total. The first-order valence-corrected chi connectivity index (χ1v) is 12.8. The first-order chi connectivity index (χ1) is 16.5. The fraction of sp³-hybridized carbons (Fsp3) is 0.480. The summed E-state index contributed by atoms with van der Waals surface area (Å²) >= 11 is 1.51. The molecule has 4 heterocycles. The molecule has 0 N–H and O–H groups in total. The molecule has 0 radical (unpaired) electrons. The smallest absolute Gasteiger partial charge is 0.274 e. The predicted octanol–water partition coefficient (Wildman–Crippen LogP) is 3.02. The summed E-state index contributed by atoms with van der Waals surface area (Å²) in [5, 5.41) is 0.701. The van der Waals surface area contributed by atoms with Crippen LogP contribution in [-0.2, 0) is 4.79 Å². The van der Waals surface area contributed by atoms with Gasteiger partial charge in [0, 0.05) is 51.7 Å². The molecule has 2 aliphatic heterocycles. The van der Waals surface area contributed by atoms with Crippen LogP contribution >= 0.6 is 11.3 Å². The number of nitrogens with zero attached hydrogens (tertiary/aromatic N) is 6. The van der Waals surface area contributed by atoms with Crippen LogP contribution in [0.25, 0.3) is 20.9 Å². The quantitative estimate of drug-likeness (QED) is 0.573. The van der Waals surface area contributed by atoms with Gasteiger partial charge in [-0.15, -0.1) is 11.3 Å². The van der Waals surface area contributed by atoms with Crippen molar-refractivity contribution < 1.29 is 9.59 Å². The van der Waals surface area contributed by atoms with Gasteiger partial charge in [-0.25, -0.2) is 15.0 Å². The van der Waals surface area contributed by atoms with Gasteiger partial charge in [-0.2, -0.15) is 0 Å². The van der Waals surface area contributed by atoms with E-state index in [2.05, 4.69) is 33.7 Å². The monoisotopic (exact) mass is 478 g/mol. The molecule has 9 heteroatoms. The van der Waals surface area contributed by atoms with E-state index in [0.717, 1.165) is 23.3 Å². The molecule has 0 bridgehead atoms. The molecule has 2 amide bonds. The Labute approximate surface area is 203 Å². The third kappa shape index (κ3) is 4.81. The minimum atomic E-state index is -0.132. The van der Waals surface area contributed by atoms with E-state index in [9.17, 15) is 9.59 Å². The van der Waals surface area contributed by atoms with Crippen molar-refractivity contribution in [3.05, 3.63) is 42.4 Å². The lowest BCUT2D eigenvalue weighted by Crippen LogP contribution is -2.53. The van der Waals surface area contributed by atoms with Crippen LogP contribution in [0.15, 0.2) is 36.7 Å². The molecule has 5 rings (SSSR count). The molecule has 2 unspecified atom stereocenters. The average molecular weight is 479 g/mol.